The summed E-state index contributed by atoms with van der Waals surface area (Å²) in [6.45, 7) is 0.240. The molecule has 3 aromatic rings. The van der Waals surface area contributed by atoms with Gasteiger partial charge in [-0.3, -0.25) is 0 Å². The van der Waals surface area contributed by atoms with Gasteiger partial charge in [0.2, 0.25) is 0 Å². The molecule has 8 heteroatoms. The molecular weight excluding hydrogens is 472 g/mol. The number of rotatable bonds is 10. The first kappa shape index (κ1) is 25.6. The Hall–Kier alpha value is -4.46. The lowest BCUT2D eigenvalue weighted by molar-refractivity contribution is -0.128. The van der Waals surface area contributed by atoms with Gasteiger partial charge >= 0.3 is 11.9 Å². The van der Waals surface area contributed by atoms with Crippen LogP contribution in [0.4, 0.5) is 11.4 Å². The number of anilines is 2. The summed E-state index contributed by atoms with van der Waals surface area (Å²) in [6.07, 6.45) is 7.90. The van der Waals surface area contributed by atoms with Crippen molar-refractivity contribution in [2.45, 2.75) is 31.8 Å². The van der Waals surface area contributed by atoms with E-state index < -0.39 is 11.9 Å². The number of ether oxygens (including phenoxy) is 4. The Morgan fingerprint density at radius 3 is 2.11 bits per heavy atom. The number of hydrogen-bond donors (Lipinski definition) is 2. The molecule has 0 bridgehead atoms. The van der Waals surface area contributed by atoms with Crippen LogP contribution in [0.3, 0.4) is 0 Å². The Morgan fingerprint density at radius 2 is 1.43 bits per heavy atom. The zero-order chi connectivity index (χ0) is 26.0. The molecule has 0 amide bonds. The minimum atomic E-state index is -0.525. The number of carbonyl (C=O) groups is 2. The Kier molecular flexibility index (Phi) is 8.65. The highest BCUT2D eigenvalue weighted by molar-refractivity contribution is 5.91. The van der Waals surface area contributed by atoms with Crippen molar-refractivity contribution < 1.29 is 28.5 Å². The van der Waals surface area contributed by atoms with Crippen LogP contribution in [0.15, 0.2) is 72.8 Å². The maximum atomic E-state index is 12.2. The van der Waals surface area contributed by atoms with E-state index in [-0.39, 0.29) is 24.9 Å². The molecule has 1 aliphatic rings. The monoisotopic (exact) mass is 502 g/mol. The molecule has 0 unspecified atom stereocenters. The van der Waals surface area contributed by atoms with Crippen molar-refractivity contribution in [2.75, 3.05) is 24.7 Å². The zero-order valence-corrected chi connectivity index (χ0v) is 20.4. The highest BCUT2D eigenvalue weighted by Crippen LogP contribution is 2.25. The maximum absolute atomic E-state index is 12.2. The van der Waals surface area contributed by atoms with Crippen LogP contribution in [-0.4, -0.2) is 31.3 Å². The first-order chi connectivity index (χ1) is 17.9. The average Bonchev–Trinajstić information content (AvgIpc) is 3.40. The molecule has 0 heterocycles. The summed E-state index contributed by atoms with van der Waals surface area (Å²) < 4.78 is 22.1. The van der Waals surface area contributed by atoms with Gasteiger partial charge in [0.25, 0.3) is 0 Å². The summed E-state index contributed by atoms with van der Waals surface area (Å²) in [6, 6.07) is 18.8. The summed E-state index contributed by atoms with van der Waals surface area (Å²) in [5, 5.41) is 0. The van der Waals surface area contributed by atoms with E-state index >= 15 is 0 Å². The molecule has 0 spiro atoms. The van der Waals surface area contributed by atoms with E-state index in [2.05, 4.69) is 0 Å². The number of hydrogen-bond acceptors (Lipinski definition) is 8. The van der Waals surface area contributed by atoms with Gasteiger partial charge in [0.1, 0.15) is 30.5 Å². The third-order valence-corrected chi connectivity index (χ3v) is 5.74. The molecule has 4 rings (SSSR count). The van der Waals surface area contributed by atoms with Crippen LogP contribution >= 0.6 is 0 Å². The molecule has 1 aliphatic carbocycles. The fraction of sp³-hybridized carbons (Fsp3) is 0.241. The molecule has 37 heavy (non-hydrogen) atoms. The molecule has 0 atom stereocenters. The van der Waals surface area contributed by atoms with Gasteiger partial charge in [-0.2, -0.15) is 0 Å². The van der Waals surface area contributed by atoms with E-state index in [1.165, 1.54) is 31.1 Å². The second-order valence-electron chi connectivity index (χ2n) is 8.69. The lowest BCUT2D eigenvalue weighted by atomic mass is 10.2. The summed E-state index contributed by atoms with van der Waals surface area (Å²) in [4.78, 5) is 24.3. The van der Waals surface area contributed by atoms with E-state index in [1.54, 1.807) is 48.5 Å². The topological polar surface area (TPSA) is 123 Å². The molecule has 3 aromatic carbocycles. The van der Waals surface area contributed by atoms with Crippen LogP contribution in [-0.2, 0) is 9.53 Å². The normalized spacial score (nSPS) is 13.4. The van der Waals surface area contributed by atoms with Gasteiger partial charge in [0.05, 0.1) is 11.7 Å². The predicted molar refractivity (Wildman–Crippen MR) is 141 cm³/mol. The van der Waals surface area contributed by atoms with Crippen molar-refractivity contribution in [3.63, 3.8) is 0 Å². The van der Waals surface area contributed by atoms with Crippen molar-refractivity contribution in [3.8, 4) is 17.2 Å². The molecule has 0 aromatic heterocycles. The van der Waals surface area contributed by atoms with Gasteiger partial charge < -0.3 is 30.4 Å². The van der Waals surface area contributed by atoms with E-state index in [4.69, 9.17) is 30.4 Å². The van der Waals surface area contributed by atoms with Crippen molar-refractivity contribution >= 4 is 29.4 Å². The Balaban J connectivity index is 1.17. The van der Waals surface area contributed by atoms with E-state index in [0.29, 0.717) is 22.9 Å². The van der Waals surface area contributed by atoms with Crippen molar-refractivity contribution in [3.05, 3.63) is 83.9 Å². The molecule has 0 saturated heterocycles. The Morgan fingerprint density at radius 1 is 0.811 bits per heavy atom. The lowest BCUT2D eigenvalue weighted by Gasteiger charge is -2.13. The molecule has 1 saturated carbocycles. The fourth-order valence-corrected chi connectivity index (χ4v) is 3.95. The van der Waals surface area contributed by atoms with E-state index in [0.717, 1.165) is 24.2 Å². The Labute approximate surface area is 215 Å². The summed E-state index contributed by atoms with van der Waals surface area (Å²) >= 11 is 0. The van der Waals surface area contributed by atoms with Crippen LogP contribution in [0.1, 0.15) is 41.6 Å². The zero-order valence-electron chi connectivity index (χ0n) is 20.4. The number of nitrogen functional groups attached to an aromatic ring is 2. The molecule has 1 fully saturated rings. The SMILES string of the molecule is Nc1cc(N)cc(C(=O)OCCOc2ccc(/C=C/C(=O)Oc3ccc(OC4CCCC4)cc3)cc2)c1. The van der Waals surface area contributed by atoms with Crippen LogP contribution in [0, 0.1) is 0 Å². The number of nitrogens with two attached hydrogens (primary N) is 2. The van der Waals surface area contributed by atoms with E-state index in [9.17, 15) is 9.59 Å². The minimum Gasteiger partial charge on any atom is -0.490 e. The van der Waals surface area contributed by atoms with E-state index in [1.807, 2.05) is 12.1 Å². The molecule has 4 N–H and O–H groups in total. The predicted octanol–water partition coefficient (Wildman–Crippen LogP) is 5.03. The standard InChI is InChI=1S/C29H30N2O6/c30-22-17-21(18-23(31)19-22)29(33)35-16-15-34-24-8-5-20(6-9-24)7-14-28(32)37-27-12-10-26(11-13-27)36-25-3-1-2-4-25/h5-14,17-19,25H,1-4,15-16,30-31H2/b14-7+. The number of benzene rings is 3. The van der Waals surface area contributed by atoms with Gasteiger partial charge in [-0.15, -0.1) is 0 Å². The number of carbonyl (C=O) groups excluding carboxylic acids is 2. The second-order valence-corrected chi connectivity index (χ2v) is 8.69. The van der Waals surface area contributed by atoms with Gasteiger partial charge in [-0.25, -0.2) is 9.59 Å². The van der Waals surface area contributed by atoms with Crippen molar-refractivity contribution in [1.82, 2.24) is 0 Å². The third kappa shape index (κ3) is 8.03. The van der Waals surface area contributed by atoms with Crippen molar-refractivity contribution in [2.24, 2.45) is 0 Å². The summed E-state index contributed by atoms with van der Waals surface area (Å²) in [5.41, 5.74) is 13.3. The quantitative estimate of drug-likeness (QED) is 0.130. The molecule has 8 nitrogen and oxygen atoms in total. The highest BCUT2D eigenvalue weighted by atomic mass is 16.6. The van der Waals surface area contributed by atoms with Crippen molar-refractivity contribution in [1.29, 1.82) is 0 Å². The Bertz CT molecular complexity index is 1210. The molecule has 0 aliphatic heterocycles. The van der Waals surface area contributed by atoms with Crippen LogP contribution in [0.25, 0.3) is 6.08 Å². The van der Waals surface area contributed by atoms with Crippen LogP contribution < -0.4 is 25.7 Å². The summed E-state index contributed by atoms with van der Waals surface area (Å²) in [7, 11) is 0. The first-order valence-corrected chi connectivity index (χ1v) is 12.2. The summed E-state index contributed by atoms with van der Waals surface area (Å²) in [5.74, 6) is 0.840. The molecule has 192 valence electrons. The molecule has 0 radical (unpaired) electrons. The highest BCUT2D eigenvalue weighted by Gasteiger charge is 2.16. The van der Waals surface area contributed by atoms with Gasteiger partial charge in [-0.1, -0.05) is 12.1 Å². The molecular formula is C29H30N2O6. The van der Waals surface area contributed by atoms with Gasteiger partial charge in [0, 0.05) is 17.5 Å². The minimum absolute atomic E-state index is 0.0642. The lowest BCUT2D eigenvalue weighted by Crippen LogP contribution is -2.13. The van der Waals surface area contributed by atoms with Gasteiger partial charge in [0.15, 0.2) is 0 Å². The average molecular weight is 503 g/mol. The fourth-order valence-electron chi connectivity index (χ4n) is 3.95. The number of esters is 2. The van der Waals surface area contributed by atoms with Gasteiger partial charge in [-0.05, 0) is 91.9 Å². The van der Waals surface area contributed by atoms with Crippen LogP contribution in [0.2, 0.25) is 0 Å². The largest absolute Gasteiger partial charge is 0.490 e. The smallest absolute Gasteiger partial charge is 0.338 e. The third-order valence-electron chi connectivity index (χ3n) is 5.74. The second kappa shape index (κ2) is 12.5. The first-order valence-electron chi connectivity index (χ1n) is 12.2. The van der Waals surface area contributed by atoms with Crippen LogP contribution in [0.5, 0.6) is 17.2 Å². The maximum Gasteiger partial charge on any atom is 0.338 e.